The molecule has 2 saturated heterocycles. The van der Waals surface area contributed by atoms with E-state index in [0.717, 1.165) is 51.1 Å². The SMILES string of the molecule is Cl.O=C(CCC1CCNC1)Nc1ccc(C(=O)N2CCCCCC2)cc1. The van der Waals surface area contributed by atoms with Gasteiger partial charge in [0.15, 0.2) is 0 Å². The molecule has 0 radical (unpaired) electrons. The molecule has 2 aliphatic rings. The maximum absolute atomic E-state index is 12.6. The second kappa shape index (κ2) is 10.5. The number of amides is 2. The standard InChI is InChI=1S/C20H29N3O2.ClH/c24-19(10-5-16-11-12-21-15-16)22-18-8-6-17(7-9-18)20(25)23-13-3-1-2-4-14-23;/h6-9,16,21H,1-5,10-15H2,(H,22,24);1H. The summed E-state index contributed by atoms with van der Waals surface area (Å²) in [7, 11) is 0. The first kappa shape index (κ1) is 20.7. The minimum Gasteiger partial charge on any atom is -0.339 e. The minimum atomic E-state index is 0. The number of benzene rings is 1. The van der Waals surface area contributed by atoms with Crippen molar-refractivity contribution in [3.63, 3.8) is 0 Å². The molecular formula is C20H30ClN3O2. The van der Waals surface area contributed by atoms with Crippen molar-refractivity contribution in [1.82, 2.24) is 10.2 Å². The molecule has 2 fully saturated rings. The number of hydrogen-bond donors (Lipinski definition) is 2. The highest BCUT2D eigenvalue weighted by atomic mass is 35.5. The summed E-state index contributed by atoms with van der Waals surface area (Å²) in [5.41, 5.74) is 1.47. The number of halogens is 1. The molecule has 1 aromatic carbocycles. The Morgan fingerprint density at radius 2 is 1.77 bits per heavy atom. The lowest BCUT2D eigenvalue weighted by Crippen LogP contribution is -2.31. The van der Waals surface area contributed by atoms with Gasteiger partial charge in [-0.25, -0.2) is 0 Å². The zero-order valence-corrected chi connectivity index (χ0v) is 16.2. The highest BCUT2D eigenvalue weighted by Crippen LogP contribution is 2.17. The van der Waals surface area contributed by atoms with Crippen LogP contribution in [0.3, 0.4) is 0 Å². The van der Waals surface area contributed by atoms with Crippen LogP contribution in [0.2, 0.25) is 0 Å². The molecule has 1 aromatic rings. The summed E-state index contributed by atoms with van der Waals surface area (Å²) in [6.07, 6.45) is 7.27. The van der Waals surface area contributed by atoms with Gasteiger partial charge in [-0.2, -0.15) is 0 Å². The first-order chi connectivity index (χ1) is 12.2. The third kappa shape index (κ3) is 5.99. The molecule has 0 aromatic heterocycles. The summed E-state index contributed by atoms with van der Waals surface area (Å²) in [4.78, 5) is 26.6. The van der Waals surface area contributed by atoms with Crippen molar-refractivity contribution in [3.05, 3.63) is 29.8 Å². The average Bonchev–Trinajstić information content (AvgIpc) is 3.00. The number of nitrogens with zero attached hydrogens (tertiary/aromatic N) is 1. The van der Waals surface area contributed by atoms with Gasteiger partial charge in [-0.15, -0.1) is 12.4 Å². The molecule has 2 amide bonds. The average molecular weight is 380 g/mol. The van der Waals surface area contributed by atoms with Crippen molar-refractivity contribution in [1.29, 1.82) is 0 Å². The van der Waals surface area contributed by atoms with Crippen molar-refractivity contribution in [3.8, 4) is 0 Å². The second-order valence-electron chi connectivity index (χ2n) is 7.23. The highest BCUT2D eigenvalue weighted by Gasteiger charge is 2.18. The van der Waals surface area contributed by atoms with Crippen LogP contribution in [0.15, 0.2) is 24.3 Å². The number of anilines is 1. The zero-order chi connectivity index (χ0) is 17.5. The maximum Gasteiger partial charge on any atom is 0.253 e. The zero-order valence-electron chi connectivity index (χ0n) is 15.3. The Hall–Kier alpha value is -1.59. The summed E-state index contributed by atoms with van der Waals surface area (Å²) >= 11 is 0. The second-order valence-corrected chi connectivity index (χ2v) is 7.23. The van der Waals surface area contributed by atoms with E-state index < -0.39 is 0 Å². The third-order valence-corrected chi connectivity index (χ3v) is 5.25. The molecule has 3 rings (SSSR count). The molecule has 0 saturated carbocycles. The van der Waals surface area contributed by atoms with Gasteiger partial charge in [0.25, 0.3) is 5.91 Å². The number of likely N-dealkylation sites (tertiary alicyclic amines) is 1. The summed E-state index contributed by atoms with van der Waals surface area (Å²) in [5, 5.41) is 6.26. The summed E-state index contributed by atoms with van der Waals surface area (Å²) in [6, 6.07) is 7.31. The van der Waals surface area contributed by atoms with Gasteiger partial charge in [-0.3, -0.25) is 9.59 Å². The van der Waals surface area contributed by atoms with Gasteiger partial charge >= 0.3 is 0 Å². The van der Waals surface area contributed by atoms with Crippen LogP contribution in [0.25, 0.3) is 0 Å². The van der Waals surface area contributed by atoms with Crippen molar-refractivity contribution < 1.29 is 9.59 Å². The van der Waals surface area contributed by atoms with Gasteiger partial charge < -0.3 is 15.5 Å². The molecule has 0 aliphatic carbocycles. The number of hydrogen-bond acceptors (Lipinski definition) is 3. The van der Waals surface area contributed by atoms with E-state index >= 15 is 0 Å². The molecule has 0 spiro atoms. The van der Waals surface area contributed by atoms with Crippen LogP contribution >= 0.6 is 12.4 Å². The molecule has 2 N–H and O–H groups in total. The normalized spacial score (nSPS) is 20.2. The van der Waals surface area contributed by atoms with E-state index in [1.54, 1.807) is 0 Å². The van der Waals surface area contributed by atoms with Crippen LogP contribution in [0, 0.1) is 5.92 Å². The Labute approximate surface area is 162 Å². The molecule has 5 nitrogen and oxygen atoms in total. The van der Waals surface area contributed by atoms with Gasteiger partial charge in [-0.1, -0.05) is 12.8 Å². The lowest BCUT2D eigenvalue weighted by Gasteiger charge is -2.20. The van der Waals surface area contributed by atoms with Crippen LogP contribution < -0.4 is 10.6 Å². The topological polar surface area (TPSA) is 61.4 Å². The van der Waals surface area contributed by atoms with E-state index in [2.05, 4.69) is 10.6 Å². The van der Waals surface area contributed by atoms with Crippen molar-refractivity contribution in [2.75, 3.05) is 31.5 Å². The lowest BCUT2D eigenvalue weighted by atomic mass is 10.0. The Balaban J connectivity index is 0.00000243. The van der Waals surface area contributed by atoms with Crippen molar-refractivity contribution >= 4 is 29.9 Å². The Kier molecular flexibility index (Phi) is 8.39. The van der Waals surface area contributed by atoms with Gasteiger partial charge in [0, 0.05) is 30.8 Å². The fraction of sp³-hybridized carbons (Fsp3) is 0.600. The van der Waals surface area contributed by atoms with Crippen molar-refractivity contribution in [2.24, 2.45) is 5.92 Å². The van der Waals surface area contributed by atoms with Crippen LogP contribution in [0.4, 0.5) is 5.69 Å². The fourth-order valence-electron chi connectivity index (χ4n) is 3.67. The molecule has 144 valence electrons. The predicted molar refractivity (Wildman–Crippen MR) is 107 cm³/mol. The Bertz CT molecular complexity index is 577. The first-order valence-electron chi connectivity index (χ1n) is 9.62. The summed E-state index contributed by atoms with van der Waals surface area (Å²) in [5.74, 6) is 0.784. The third-order valence-electron chi connectivity index (χ3n) is 5.25. The van der Waals surface area contributed by atoms with E-state index in [0.29, 0.717) is 17.9 Å². The van der Waals surface area contributed by atoms with E-state index in [9.17, 15) is 9.59 Å². The molecule has 2 aliphatic heterocycles. The molecule has 0 bridgehead atoms. The van der Waals surface area contributed by atoms with Crippen LogP contribution in [-0.2, 0) is 4.79 Å². The predicted octanol–water partition coefficient (Wildman–Crippen LogP) is 3.45. The molecule has 26 heavy (non-hydrogen) atoms. The fourth-order valence-corrected chi connectivity index (χ4v) is 3.67. The minimum absolute atomic E-state index is 0. The molecule has 2 heterocycles. The van der Waals surface area contributed by atoms with Gasteiger partial charge in [0.2, 0.25) is 5.91 Å². The highest BCUT2D eigenvalue weighted by molar-refractivity contribution is 5.95. The Morgan fingerprint density at radius 3 is 2.38 bits per heavy atom. The van der Waals surface area contributed by atoms with Crippen LogP contribution in [0.5, 0.6) is 0 Å². The smallest absolute Gasteiger partial charge is 0.253 e. The van der Waals surface area contributed by atoms with E-state index in [4.69, 9.17) is 0 Å². The number of nitrogens with one attached hydrogen (secondary N) is 2. The van der Waals surface area contributed by atoms with E-state index in [-0.39, 0.29) is 24.2 Å². The number of carbonyl (C=O) groups is 2. The number of carbonyl (C=O) groups excluding carboxylic acids is 2. The molecule has 1 unspecified atom stereocenters. The largest absolute Gasteiger partial charge is 0.339 e. The monoisotopic (exact) mass is 379 g/mol. The Morgan fingerprint density at radius 1 is 1.08 bits per heavy atom. The van der Waals surface area contributed by atoms with Gasteiger partial charge in [0.1, 0.15) is 0 Å². The maximum atomic E-state index is 12.6. The lowest BCUT2D eigenvalue weighted by molar-refractivity contribution is -0.116. The molecule has 6 heteroatoms. The van der Waals surface area contributed by atoms with Crippen LogP contribution in [-0.4, -0.2) is 42.9 Å². The van der Waals surface area contributed by atoms with E-state index in [1.165, 1.54) is 19.3 Å². The van der Waals surface area contributed by atoms with Crippen molar-refractivity contribution in [2.45, 2.75) is 44.9 Å². The van der Waals surface area contributed by atoms with Crippen LogP contribution in [0.1, 0.15) is 55.3 Å². The number of rotatable bonds is 5. The van der Waals surface area contributed by atoms with Gasteiger partial charge in [-0.05, 0) is 69.0 Å². The quantitative estimate of drug-likeness (QED) is 0.823. The summed E-state index contributed by atoms with van der Waals surface area (Å²) in [6.45, 7) is 3.81. The first-order valence-corrected chi connectivity index (χ1v) is 9.62. The molecule has 1 atom stereocenters. The summed E-state index contributed by atoms with van der Waals surface area (Å²) < 4.78 is 0. The van der Waals surface area contributed by atoms with Gasteiger partial charge in [0.05, 0.1) is 0 Å². The molecular weight excluding hydrogens is 350 g/mol. The van der Waals surface area contributed by atoms with E-state index in [1.807, 2.05) is 29.2 Å².